The van der Waals surface area contributed by atoms with Crippen LogP contribution in [0, 0.1) is 17.6 Å². The lowest BCUT2D eigenvalue weighted by molar-refractivity contribution is 0.115. The zero-order chi connectivity index (χ0) is 17.1. The Bertz CT molecular complexity index is 584. The highest BCUT2D eigenvalue weighted by atomic mass is 19.1. The highest BCUT2D eigenvalue weighted by Crippen LogP contribution is 2.43. The Morgan fingerprint density at radius 3 is 2.67 bits per heavy atom. The Kier molecular flexibility index (Phi) is 5.33. The molecular weight excluding hydrogens is 312 g/mol. The van der Waals surface area contributed by atoms with Crippen LogP contribution < -0.4 is 5.32 Å². The molecule has 6 heteroatoms. The van der Waals surface area contributed by atoms with E-state index in [0.717, 1.165) is 25.0 Å². The third-order valence-corrected chi connectivity index (χ3v) is 4.67. The predicted octanol–water partition coefficient (Wildman–Crippen LogP) is 2.75. The minimum Gasteiger partial charge on any atom is -0.379 e. The third kappa shape index (κ3) is 4.23. The Labute approximate surface area is 141 Å². The number of rotatable bonds is 7. The molecule has 2 atom stereocenters. The summed E-state index contributed by atoms with van der Waals surface area (Å²) >= 11 is 0. The lowest BCUT2D eigenvalue weighted by Gasteiger charge is -2.22. The van der Waals surface area contributed by atoms with Crippen LogP contribution in [0.1, 0.15) is 30.7 Å². The lowest BCUT2D eigenvalue weighted by Crippen LogP contribution is -2.42. The molecule has 0 bridgehead atoms. The van der Waals surface area contributed by atoms with Gasteiger partial charge in [-0.1, -0.05) is 6.07 Å². The number of guanidine groups is 1. The van der Waals surface area contributed by atoms with Crippen LogP contribution in [0.25, 0.3) is 0 Å². The molecule has 2 aliphatic rings. The Morgan fingerprint density at radius 1 is 1.33 bits per heavy atom. The number of nitrogens with zero attached hydrogens (tertiary/aromatic N) is 2. The van der Waals surface area contributed by atoms with E-state index < -0.39 is 11.6 Å². The summed E-state index contributed by atoms with van der Waals surface area (Å²) in [5.74, 6) is 0.412. The summed E-state index contributed by atoms with van der Waals surface area (Å²) in [5.41, 5.74) is 0.181. The van der Waals surface area contributed by atoms with E-state index >= 15 is 0 Å². The van der Waals surface area contributed by atoms with Crippen LogP contribution in [0.4, 0.5) is 8.78 Å². The Morgan fingerprint density at radius 2 is 2.04 bits per heavy atom. The monoisotopic (exact) mass is 337 g/mol. The van der Waals surface area contributed by atoms with Gasteiger partial charge in [0.05, 0.1) is 6.61 Å². The van der Waals surface area contributed by atoms with E-state index in [-0.39, 0.29) is 17.5 Å². The molecule has 0 spiro atoms. The first-order chi connectivity index (χ1) is 11.6. The van der Waals surface area contributed by atoms with Gasteiger partial charge >= 0.3 is 0 Å². The van der Waals surface area contributed by atoms with Gasteiger partial charge in [0.15, 0.2) is 5.96 Å². The highest BCUT2D eigenvalue weighted by Gasteiger charge is 2.42. The van der Waals surface area contributed by atoms with Gasteiger partial charge in [0.2, 0.25) is 0 Å². The predicted molar refractivity (Wildman–Crippen MR) is 90.2 cm³/mol. The molecule has 132 valence electrons. The smallest absolute Gasteiger partial charge is 0.193 e. The maximum atomic E-state index is 13.8. The Hall–Kier alpha value is -1.69. The number of aliphatic imine (C=N–C) groups is 1. The molecule has 0 saturated heterocycles. The standard InChI is InChI=1S/C18H25F2N3O/c1-21-18(23(2)8-9-24-11-12-6-7-12)22-16-10-13(16)17-14(19)4-3-5-15(17)20/h3-5,12-13,16H,6-11H2,1-2H3,(H,21,22). The topological polar surface area (TPSA) is 36.9 Å². The van der Waals surface area contributed by atoms with Gasteiger partial charge in [-0.05, 0) is 37.3 Å². The van der Waals surface area contributed by atoms with Gasteiger partial charge in [0.25, 0.3) is 0 Å². The van der Waals surface area contributed by atoms with Crippen LogP contribution in [0.2, 0.25) is 0 Å². The molecule has 0 heterocycles. The van der Waals surface area contributed by atoms with Crippen molar-refractivity contribution in [1.82, 2.24) is 10.2 Å². The lowest BCUT2D eigenvalue weighted by atomic mass is 10.1. The summed E-state index contributed by atoms with van der Waals surface area (Å²) in [5, 5.41) is 3.29. The molecular formula is C18H25F2N3O. The minimum atomic E-state index is -0.471. The first-order valence-corrected chi connectivity index (χ1v) is 8.56. The van der Waals surface area contributed by atoms with Gasteiger partial charge in [-0.25, -0.2) is 8.78 Å². The molecule has 0 amide bonds. The van der Waals surface area contributed by atoms with Crippen molar-refractivity contribution in [1.29, 1.82) is 0 Å². The van der Waals surface area contributed by atoms with Crippen molar-refractivity contribution in [3.05, 3.63) is 35.4 Å². The van der Waals surface area contributed by atoms with Crippen molar-refractivity contribution >= 4 is 5.96 Å². The minimum absolute atomic E-state index is 0.0185. The van der Waals surface area contributed by atoms with E-state index in [0.29, 0.717) is 13.0 Å². The van der Waals surface area contributed by atoms with Crippen molar-refractivity contribution in [2.75, 3.05) is 33.9 Å². The Balaban J connectivity index is 1.47. The second-order valence-electron chi connectivity index (χ2n) is 6.72. The van der Waals surface area contributed by atoms with E-state index in [4.69, 9.17) is 4.74 Å². The first kappa shape index (κ1) is 17.1. The van der Waals surface area contributed by atoms with Gasteiger partial charge in [-0.2, -0.15) is 0 Å². The van der Waals surface area contributed by atoms with Gasteiger partial charge in [-0.3, -0.25) is 4.99 Å². The number of hydrogen-bond donors (Lipinski definition) is 1. The average molecular weight is 337 g/mol. The molecule has 1 aromatic rings. The molecule has 1 aromatic carbocycles. The third-order valence-electron chi connectivity index (χ3n) is 4.67. The molecule has 3 rings (SSSR count). The van der Waals surface area contributed by atoms with Crippen molar-refractivity contribution in [3.8, 4) is 0 Å². The van der Waals surface area contributed by atoms with Crippen molar-refractivity contribution in [2.24, 2.45) is 10.9 Å². The summed E-state index contributed by atoms with van der Waals surface area (Å²) in [6.45, 7) is 2.23. The number of hydrogen-bond acceptors (Lipinski definition) is 2. The first-order valence-electron chi connectivity index (χ1n) is 8.56. The fourth-order valence-electron chi connectivity index (χ4n) is 2.89. The molecule has 2 saturated carbocycles. The van der Waals surface area contributed by atoms with Crippen LogP contribution in [0.5, 0.6) is 0 Å². The number of likely N-dealkylation sites (N-methyl/N-ethyl adjacent to an activating group) is 1. The van der Waals surface area contributed by atoms with E-state index in [2.05, 4.69) is 10.3 Å². The largest absolute Gasteiger partial charge is 0.379 e. The molecule has 0 aromatic heterocycles. The number of halogens is 2. The number of ether oxygens (including phenoxy) is 1. The van der Waals surface area contributed by atoms with Gasteiger partial charge in [0.1, 0.15) is 11.6 Å². The number of nitrogens with one attached hydrogen (secondary N) is 1. The van der Waals surface area contributed by atoms with Crippen LogP contribution in [0.15, 0.2) is 23.2 Å². The molecule has 2 fully saturated rings. The highest BCUT2D eigenvalue weighted by molar-refractivity contribution is 5.80. The quantitative estimate of drug-likeness (QED) is 0.472. The van der Waals surface area contributed by atoms with Crippen molar-refractivity contribution in [3.63, 3.8) is 0 Å². The van der Waals surface area contributed by atoms with Crippen LogP contribution in [-0.4, -0.2) is 50.8 Å². The van der Waals surface area contributed by atoms with Gasteiger partial charge < -0.3 is 15.0 Å². The van der Waals surface area contributed by atoms with Crippen LogP contribution in [0.3, 0.4) is 0 Å². The summed E-state index contributed by atoms with van der Waals surface area (Å²) in [4.78, 5) is 6.24. The number of benzene rings is 1. The molecule has 0 aliphatic heterocycles. The molecule has 1 N–H and O–H groups in total. The molecule has 2 aliphatic carbocycles. The molecule has 2 unspecified atom stereocenters. The van der Waals surface area contributed by atoms with Crippen LogP contribution >= 0.6 is 0 Å². The normalized spacial score (nSPS) is 23.2. The SMILES string of the molecule is CN=C(NC1CC1c1c(F)cccc1F)N(C)CCOCC1CC1. The van der Waals surface area contributed by atoms with Crippen molar-refractivity contribution in [2.45, 2.75) is 31.2 Å². The molecule has 4 nitrogen and oxygen atoms in total. The maximum Gasteiger partial charge on any atom is 0.193 e. The average Bonchev–Trinajstić information content (AvgIpc) is 3.46. The molecule has 24 heavy (non-hydrogen) atoms. The van der Waals surface area contributed by atoms with E-state index in [1.165, 1.54) is 31.0 Å². The zero-order valence-electron chi connectivity index (χ0n) is 14.3. The van der Waals surface area contributed by atoms with Crippen molar-refractivity contribution < 1.29 is 13.5 Å². The van der Waals surface area contributed by atoms with Gasteiger partial charge in [-0.15, -0.1) is 0 Å². The van der Waals surface area contributed by atoms with Gasteiger partial charge in [0, 0.05) is 44.8 Å². The summed E-state index contributed by atoms with van der Waals surface area (Å²) in [6, 6.07) is 4.04. The van der Waals surface area contributed by atoms with Crippen LogP contribution in [-0.2, 0) is 4.74 Å². The zero-order valence-corrected chi connectivity index (χ0v) is 14.3. The second-order valence-corrected chi connectivity index (χ2v) is 6.72. The fraction of sp³-hybridized carbons (Fsp3) is 0.611. The molecule has 0 radical (unpaired) electrons. The van der Waals surface area contributed by atoms with E-state index in [9.17, 15) is 8.78 Å². The second kappa shape index (κ2) is 7.47. The summed E-state index contributed by atoms with van der Waals surface area (Å²) in [6.07, 6.45) is 3.28. The van der Waals surface area contributed by atoms with E-state index in [1.807, 2.05) is 11.9 Å². The summed E-state index contributed by atoms with van der Waals surface area (Å²) in [7, 11) is 3.65. The summed E-state index contributed by atoms with van der Waals surface area (Å²) < 4.78 is 33.3. The van der Waals surface area contributed by atoms with E-state index in [1.54, 1.807) is 7.05 Å². The maximum absolute atomic E-state index is 13.8. The fourth-order valence-corrected chi connectivity index (χ4v) is 2.89.